The van der Waals surface area contributed by atoms with Gasteiger partial charge in [0.1, 0.15) is 6.10 Å². The first-order chi connectivity index (χ1) is 4.57. The van der Waals surface area contributed by atoms with Crippen molar-refractivity contribution in [3.8, 4) is 0 Å². The average molecular weight is 145 g/mol. The summed E-state index contributed by atoms with van der Waals surface area (Å²) in [5.41, 5.74) is 0. The second-order valence-corrected chi connectivity index (χ2v) is 2.56. The highest BCUT2D eigenvalue weighted by Gasteiger charge is 2.15. The SMILES string of the molecule is CCC(OC([O])=O)C(C)C. The lowest BCUT2D eigenvalue weighted by molar-refractivity contribution is 0.0132. The van der Waals surface area contributed by atoms with Gasteiger partial charge < -0.3 is 4.74 Å². The maximum absolute atomic E-state index is 9.94. The first kappa shape index (κ1) is 9.27. The van der Waals surface area contributed by atoms with Gasteiger partial charge in [0, 0.05) is 0 Å². The Bertz CT molecular complexity index is 109. The van der Waals surface area contributed by atoms with Crippen molar-refractivity contribution in [2.45, 2.75) is 33.3 Å². The summed E-state index contributed by atoms with van der Waals surface area (Å²) in [5.74, 6) is 0.225. The molecule has 0 aliphatic heterocycles. The van der Waals surface area contributed by atoms with E-state index in [0.717, 1.165) is 0 Å². The van der Waals surface area contributed by atoms with Crippen molar-refractivity contribution < 1.29 is 14.6 Å². The highest BCUT2D eigenvalue weighted by molar-refractivity contribution is 5.56. The fourth-order valence-electron chi connectivity index (χ4n) is 0.814. The van der Waals surface area contributed by atoms with Crippen LogP contribution < -0.4 is 0 Å². The van der Waals surface area contributed by atoms with E-state index in [2.05, 4.69) is 4.74 Å². The zero-order valence-corrected chi connectivity index (χ0v) is 6.59. The normalized spacial score (nSPS) is 13.2. The molecule has 1 atom stereocenters. The van der Waals surface area contributed by atoms with Crippen LogP contribution in [-0.4, -0.2) is 12.3 Å². The predicted octanol–water partition coefficient (Wildman–Crippen LogP) is 1.99. The molecule has 1 radical (unpaired) electrons. The molecule has 0 heterocycles. The Labute approximate surface area is 61.0 Å². The van der Waals surface area contributed by atoms with E-state index < -0.39 is 6.16 Å². The number of hydrogen-bond donors (Lipinski definition) is 0. The van der Waals surface area contributed by atoms with Gasteiger partial charge in [-0.3, -0.25) is 0 Å². The van der Waals surface area contributed by atoms with E-state index >= 15 is 0 Å². The van der Waals surface area contributed by atoms with E-state index in [1.54, 1.807) is 0 Å². The molecule has 1 unspecified atom stereocenters. The van der Waals surface area contributed by atoms with Gasteiger partial charge in [0.2, 0.25) is 0 Å². The van der Waals surface area contributed by atoms with E-state index in [1.807, 2.05) is 20.8 Å². The summed E-state index contributed by atoms with van der Waals surface area (Å²) < 4.78 is 4.47. The average Bonchev–Trinajstić information content (AvgIpc) is 1.81. The summed E-state index contributed by atoms with van der Waals surface area (Å²) in [6.45, 7) is 5.71. The molecule has 3 nitrogen and oxygen atoms in total. The van der Waals surface area contributed by atoms with Crippen molar-refractivity contribution in [1.82, 2.24) is 0 Å². The lowest BCUT2D eigenvalue weighted by Crippen LogP contribution is -2.20. The summed E-state index contributed by atoms with van der Waals surface area (Å²) in [4.78, 5) is 9.94. The van der Waals surface area contributed by atoms with Crippen LogP contribution in [0.25, 0.3) is 0 Å². The van der Waals surface area contributed by atoms with Crippen LogP contribution in [0.15, 0.2) is 0 Å². The molecule has 3 heteroatoms. The molecule has 0 N–H and O–H groups in total. The van der Waals surface area contributed by atoms with Gasteiger partial charge in [-0.15, -0.1) is 0 Å². The molecule has 0 rings (SSSR count). The Morgan fingerprint density at radius 1 is 1.50 bits per heavy atom. The summed E-state index contributed by atoms with van der Waals surface area (Å²) in [5, 5.41) is 9.94. The molecule has 0 aliphatic rings. The highest BCUT2D eigenvalue weighted by Crippen LogP contribution is 2.09. The second-order valence-electron chi connectivity index (χ2n) is 2.56. The van der Waals surface area contributed by atoms with Gasteiger partial charge in [-0.05, 0) is 12.3 Å². The predicted molar refractivity (Wildman–Crippen MR) is 36.1 cm³/mol. The molecule has 0 aliphatic carbocycles. The number of hydrogen-bond acceptors (Lipinski definition) is 2. The molecule has 59 valence electrons. The Kier molecular flexibility index (Phi) is 3.84. The molecule has 0 saturated carbocycles. The summed E-state index contributed by atoms with van der Waals surface area (Å²) in [7, 11) is 0. The van der Waals surface area contributed by atoms with Crippen LogP contribution in [-0.2, 0) is 9.84 Å². The molecule has 0 spiro atoms. The molecule has 0 aromatic heterocycles. The van der Waals surface area contributed by atoms with Gasteiger partial charge in [-0.25, -0.2) is 0 Å². The molecular formula is C7H13O3. The second kappa shape index (κ2) is 4.14. The summed E-state index contributed by atoms with van der Waals surface area (Å²) in [6, 6.07) is 0. The lowest BCUT2D eigenvalue weighted by Gasteiger charge is -2.16. The molecule has 0 amide bonds. The van der Waals surface area contributed by atoms with Crippen LogP contribution in [0.3, 0.4) is 0 Å². The van der Waals surface area contributed by atoms with Crippen LogP contribution in [0.1, 0.15) is 27.2 Å². The zero-order chi connectivity index (χ0) is 8.15. The first-order valence-corrected chi connectivity index (χ1v) is 3.45. The fraction of sp³-hybridized carbons (Fsp3) is 0.857. The van der Waals surface area contributed by atoms with E-state index in [4.69, 9.17) is 0 Å². The molecule has 0 saturated heterocycles. The molecule has 0 aromatic rings. The van der Waals surface area contributed by atoms with Gasteiger partial charge >= 0.3 is 6.16 Å². The minimum absolute atomic E-state index is 0.218. The van der Waals surface area contributed by atoms with Crippen molar-refractivity contribution in [3.63, 3.8) is 0 Å². The standard InChI is InChI=1S/C7H13O3/c1-4-6(5(2)3)10-7(8)9/h5-6H,4H2,1-3H3. The van der Waals surface area contributed by atoms with Gasteiger partial charge in [0.15, 0.2) is 0 Å². The summed E-state index contributed by atoms with van der Waals surface area (Å²) >= 11 is 0. The van der Waals surface area contributed by atoms with Crippen LogP contribution >= 0.6 is 0 Å². The zero-order valence-electron chi connectivity index (χ0n) is 6.59. The Hall–Kier alpha value is -0.730. The minimum Gasteiger partial charge on any atom is -0.428 e. The maximum Gasteiger partial charge on any atom is 0.550 e. The van der Waals surface area contributed by atoms with Crippen molar-refractivity contribution >= 4 is 6.16 Å². The van der Waals surface area contributed by atoms with Crippen molar-refractivity contribution in [3.05, 3.63) is 0 Å². The van der Waals surface area contributed by atoms with E-state index in [0.29, 0.717) is 6.42 Å². The molecule has 0 bridgehead atoms. The van der Waals surface area contributed by atoms with Crippen molar-refractivity contribution in [1.29, 1.82) is 0 Å². The van der Waals surface area contributed by atoms with E-state index in [-0.39, 0.29) is 12.0 Å². The van der Waals surface area contributed by atoms with Crippen LogP contribution in [0.5, 0.6) is 0 Å². The van der Waals surface area contributed by atoms with Crippen LogP contribution in [0.2, 0.25) is 0 Å². The topological polar surface area (TPSA) is 46.2 Å². The highest BCUT2D eigenvalue weighted by atomic mass is 16.7. The largest absolute Gasteiger partial charge is 0.550 e. The lowest BCUT2D eigenvalue weighted by atomic mass is 10.1. The number of carbonyl (C=O) groups is 1. The summed E-state index contributed by atoms with van der Waals surface area (Å²) in [6.07, 6.45) is -0.948. The van der Waals surface area contributed by atoms with Crippen LogP contribution in [0, 0.1) is 5.92 Å². The van der Waals surface area contributed by atoms with Crippen LogP contribution in [0.4, 0.5) is 4.79 Å². The Morgan fingerprint density at radius 2 is 2.00 bits per heavy atom. The molecule has 10 heavy (non-hydrogen) atoms. The van der Waals surface area contributed by atoms with Gasteiger partial charge in [-0.2, -0.15) is 9.90 Å². The quantitative estimate of drug-likeness (QED) is 0.570. The number of rotatable bonds is 3. The molecule has 0 fully saturated rings. The third kappa shape index (κ3) is 3.33. The Morgan fingerprint density at radius 3 is 2.10 bits per heavy atom. The van der Waals surface area contributed by atoms with E-state index in [9.17, 15) is 9.90 Å². The van der Waals surface area contributed by atoms with Crippen molar-refractivity contribution in [2.75, 3.05) is 0 Å². The smallest absolute Gasteiger partial charge is 0.428 e. The molecule has 0 aromatic carbocycles. The van der Waals surface area contributed by atoms with Crippen molar-refractivity contribution in [2.24, 2.45) is 5.92 Å². The maximum atomic E-state index is 9.94. The van der Waals surface area contributed by atoms with E-state index in [1.165, 1.54) is 0 Å². The van der Waals surface area contributed by atoms with Gasteiger partial charge in [0.25, 0.3) is 0 Å². The third-order valence-electron chi connectivity index (χ3n) is 1.39. The molecular weight excluding hydrogens is 132 g/mol. The van der Waals surface area contributed by atoms with Gasteiger partial charge in [-0.1, -0.05) is 20.8 Å². The first-order valence-electron chi connectivity index (χ1n) is 3.45. The third-order valence-corrected chi connectivity index (χ3v) is 1.39. The van der Waals surface area contributed by atoms with Gasteiger partial charge in [0.05, 0.1) is 0 Å². The number of carbonyl (C=O) groups excluding carboxylic acids is 1. The Balaban J connectivity index is 3.71. The minimum atomic E-state index is -1.43. The monoisotopic (exact) mass is 145 g/mol. The fourth-order valence-corrected chi connectivity index (χ4v) is 0.814. The number of ether oxygens (including phenoxy) is 1.